The first-order chi connectivity index (χ1) is 35.5. The number of allylic oxidation sites excluding steroid dienone is 4. The first-order valence-electron chi connectivity index (χ1n) is 22.4. The molecular formula is C66H53F3Ir2N2O4-2. The van der Waals surface area contributed by atoms with Gasteiger partial charge in [-0.2, -0.15) is 0 Å². The Kier molecular flexibility index (Phi) is 34.6. The third-order valence-corrected chi connectivity index (χ3v) is 8.84. The molecule has 0 fully saturated rings. The summed E-state index contributed by atoms with van der Waals surface area (Å²) in [7, 11) is 0. The van der Waals surface area contributed by atoms with Crippen LogP contribution >= 0.6 is 0 Å². The summed E-state index contributed by atoms with van der Waals surface area (Å²) in [6.45, 7) is 17.4. The standard InChI is InChI=1S/C16H11FN.C15H8F2N.C11H20O2.C10H2.C9H4.C5H8O2.2Ir/c1-11-10-13(6-7-15(11)17)16-14-5-3-2-4-12(14)8-9-18-16;16-12-7-11(8-13(17)9-12)15-14-4-2-1-3-10(14)5-6-18-15;1-10(2,3)8(12)7-9(13)11(4,5)6;1-3-5-7-9-10-8-6-4-2;1-3-5-7-9-8-6-4-2;1-4(6)3-5(2)7;;/h2-5,7-10H,1H3;1-7,9H;7,12H,1-6H3;1-2H;1H,2H3;3,6H,1-2H3;;/q2*-1;;;;;;. The number of ketones is 2. The molecule has 6 aromatic rings. The van der Waals surface area contributed by atoms with Crippen molar-refractivity contribution in [2.45, 2.75) is 69.2 Å². The Labute approximate surface area is 480 Å². The minimum Gasteiger partial charge on any atom is -0.512 e. The van der Waals surface area contributed by atoms with Crippen molar-refractivity contribution in [3.8, 4) is 131 Å². The molecule has 0 unspecified atom stereocenters. The first-order valence-corrected chi connectivity index (χ1v) is 22.4. The van der Waals surface area contributed by atoms with E-state index in [1.54, 1.807) is 32.3 Å². The molecule has 0 amide bonds. The average Bonchev–Trinajstić information content (AvgIpc) is 3.35. The van der Waals surface area contributed by atoms with Crippen molar-refractivity contribution in [2.75, 3.05) is 0 Å². The molecule has 0 aliphatic rings. The quantitative estimate of drug-likeness (QED) is 0.0789. The molecule has 11 heteroatoms. The number of aromatic nitrogens is 2. The van der Waals surface area contributed by atoms with Crippen LogP contribution in [0.15, 0.2) is 121 Å². The van der Waals surface area contributed by atoms with E-state index in [-0.39, 0.29) is 74.5 Å². The van der Waals surface area contributed by atoms with Crippen molar-refractivity contribution in [3.63, 3.8) is 0 Å². The van der Waals surface area contributed by atoms with Gasteiger partial charge in [-0.1, -0.05) is 115 Å². The maximum absolute atomic E-state index is 13.3. The van der Waals surface area contributed by atoms with Gasteiger partial charge in [0.1, 0.15) is 5.76 Å². The number of pyridine rings is 2. The third-order valence-electron chi connectivity index (χ3n) is 8.84. The Balaban J connectivity index is 0. The summed E-state index contributed by atoms with van der Waals surface area (Å²) in [5, 5.41) is 21.9. The van der Waals surface area contributed by atoms with Crippen LogP contribution in [-0.4, -0.2) is 31.7 Å². The summed E-state index contributed by atoms with van der Waals surface area (Å²) in [6.07, 6.45) is 20.3. The Morgan fingerprint density at radius 1 is 0.610 bits per heavy atom. The zero-order chi connectivity index (χ0) is 56.4. The molecule has 2 radical (unpaired) electrons. The number of terminal acetylenes is 3. The Hall–Kier alpha value is -8.75. The van der Waals surface area contributed by atoms with Crippen molar-refractivity contribution >= 4 is 33.1 Å². The van der Waals surface area contributed by atoms with Crippen LogP contribution in [0.3, 0.4) is 0 Å². The SMILES string of the molecule is C#CC#CC#CC#CC.C#CC#CC#CC#CC#C.CC(=O)C=C(C)O.CC(C)(C)C(=O)C=C(O)C(C)(C)C.Cc1cc(-c2nccc3ccccc23)[c-]cc1F.Fc1[c-]c(-c2nccc3ccccc23)cc(F)c1.[Ir].[Ir]. The minimum atomic E-state index is -0.722. The van der Waals surface area contributed by atoms with Gasteiger partial charge < -0.3 is 20.2 Å². The molecule has 0 bridgehead atoms. The van der Waals surface area contributed by atoms with Crippen LogP contribution in [0.25, 0.3) is 44.1 Å². The summed E-state index contributed by atoms with van der Waals surface area (Å²) in [5.41, 5.74) is 2.37. The molecule has 0 aliphatic carbocycles. The molecule has 77 heavy (non-hydrogen) atoms. The second-order valence-corrected chi connectivity index (χ2v) is 17.0. The number of halogens is 3. The molecule has 0 saturated carbocycles. The molecule has 2 heterocycles. The molecule has 0 saturated heterocycles. The Morgan fingerprint density at radius 2 is 1.05 bits per heavy atom. The van der Waals surface area contributed by atoms with Gasteiger partial charge in [0.2, 0.25) is 0 Å². The van der Waals surface area contributed by atoms with Crippen molar-refractivity contribution < 1.29 is 73.2 Å². The van der Waals surface area contributed by atoms with E-state index < -0.39 is 17.0 Å². The van der Waals surface area contributed by atoms with Gasteiger partial charge in [-0.25, -0.2) is 8.78 Å². The minimum absolute atomic E-state index is 0. The van der Waals surface area contributed by atoms with Gasteiger partial charge in [-0.15, -0.1) is 60.7 Å². The van der Waals surface area contributed by atoms with E-state index in [1.165, 1.54) is 38.1 Å². The van der Waals surface area contributed by atoms with E-state index in [2.05, 4.69) is 111 Å². The Bertz CT molecular complexity index is 3510. The molecule has 6 nitrogen and oxygen atoms in total. The monoisotopic (exact) mass is 1380 g/mol. The molecule has 2 aromatic heterocycles. The number of benzene rings is 4. The molecule has 0 spiro atoms. The van der Waals surface area contributed by atoms with Gasteiger partial charge in [0.05, 0.1) is 5.76 Å². The van der Waals surface area contributed by atoms with Crippen molar-refractivity contribution in [1.82, 2.24) is 9.97 Å². The van der Waals surface area contributed by atoms with Gasteiger partial charge in [0, 0.05) is 93.0 Å². The number of aliphatic hydroxyl groups is 2. The largest absolute Gasteiger partial charge is 0.512 e. The fourth-order valence-corrected chi connectivity index (χ4v) is 5.26. The molecule has 2 N–H and O–H groups in total. The van der Waals surface area contributed by atoms with Gasteiger partial charge in [0.15, 0.2) is 11.6 Å². The number of aryl methyl sites for hydroxylation is 1. The molecule has 392 valence electrons. The molecule has 0 aliphatic heterocycles. The maximum Gasteiger partial charge on any atom is 0.164 e. The van der Waals surface area contributed by atoms with Crippen LogP contribution in [0.1, 0.15) is 67.9 Å². The molecule has 6 rings (SSSR count). The number of carbonyl (C=O) groups excluding carboxylic acids is 2. The normalized spacial score (nSPS) is 9.38. The number of hydrogen-bond donors (Lipinski definition) is 2. The summed E-state index contributed by atoms with van der Waals surface area (Å²) >= 11 is 0. The van der Waals surface area contributed by atoms with Crippen molar-refractivity contribution in [3.05, 3.63) is 156 Å². The fraction of sp³-hybridized carbons (Fsp3) is 0.182. The van der Waals surface area contributed by atoms with Gasteiger partial charge in [-0.05, 0) is 149 Å². The van der Waals surface area contributed by atoms with Gasteiger partial charge in [-0.3, -0.25) is 14.0 Å². The van der Waals surface area contributed by atoms with Gasteiger partial charge >= 0.3 is 0 Å². The van der Waals surface area contributed by atoms with Crippen molar-refractivity contribution in [1.29, 1.82) is 0 Å². The predicted octanol–water partition coefficient (Wildman–Crippen LogP) is 13.2. The zero-order valence-corrected chi connectivity index (χ0v) is 48.8. The number of carbonyl (C=O) groups is 2. The Morgan fingerprint density at radius 3 is 1.43 bits per heavy atom. The molecule has 4 aromatic carbocycles. The summed E-state index contributed by atoms with van der Waals surface area (Å²) in [5.74, 6) is 33.8. The first kappa shape index (κ1) is 70.3. The maximum atomic E-state index is 13.3. The van der Waals surface area contributed by atoms with E-state index in [4.69, 9.17) is 24.4 Å². The van der Waals surface area contributed by atoms with Crippen molar-refractivity contribution in [2.24, 2.45) is 10.8 Å². The zero-order valence-electron chi connectivity index (χ0n) is 44.0. The van der Waals surface area contributed by atoms with E-state index in [0.717, 1.165) is 38.9 Å². The smallest absolute Gasteiger partial charge is 0.164 e. The predicted molar refractivity (Wildman–Crippen MR) is 297 cm³/mol. The van der Waals surface area contributed by atoms with Gasteiger partial charge in [0.25, 0.3) is 0 Å². The second-order valence-electron chi connectivity index (χ2n) is 17.0. The fourth-order valence-electron chi connectivity index (χ4n) is 5.26. The number of hydrogen-bond acceptors (Lipinski definition) is 6. The summed E-state index contributed by atoms with van der Waals surface area (Å²) in [6, 6.07) is 30.0. The van der Waals surface area contributed by atoms with Crippen LogP contribution in [-0.2, 0) is 49.8 Å². The number of rotatable bonds is 4. The average molecular weight is 1380 g/mol. The van der Waals surface area contributed by atoms with Crippen LogP contribution in [0.5, 0.6) is 0 Å². The molecule has 0 atom stereocenters. The number of nitrogens with zero attached hydrogens (tertiary/aromatic N) is 2. The van der Waals surface area contributed by atoms with Crippen LogP contribution < -0.4 is 0 Å². The van der Waals surface area contributed by atoms with E-state index in [0.29, 0.717) is 16.8 Å². The number of aliphatic hydroxyl groups excluding tert-OH is 2. The van der Waals surface area contributed by atoms with E-state index in [9.17, 15) is 27.9 Å². The van der Waals surface area contributed by atoms with E-state index >= 15 is 0 Å². The van der Waals surface area contributed by atoms with Crippen LogP contribution in [0.2, 0.25) is 0 Å². The summed E-state index contributed by atoms with van der Waals surface area (Å²) in [4.78, 5) is 30.1. The topological polar surface area (TPSA) is 100 Å². The van der Waals surface area contributed by atoms with E-state index in [1.807, 2.05) is 102 Å². The molecular weight excluding hydrogens is 1330 g/mol. The number of fused-ring (bicyclic) bond motifs is 2. The van der Waals surface area contributed by atoms with Crippen LogP contribution in [0, 0.1) is 155 Å². The summed E-state index contributed by atoms with van der Waals surface area (Å²) < 4.78 is 39.7. The third kappa shape index (κ3) is 29.1. The second kappa shape index (κ2) is 37.9. The van der Waals surface area contributed by atoms with Crippen LogP contribution in [0.4, 0.5) is 13.2 Å².